The van der Waals surface area contributed by atoms with Gasteiger partial charge in [0.15, 0.2) is 0 Å². The highest BCUT2D eigenvalue weighted by atomic mass is 127. The summed E-state index contributed by atoms with van der Waals surface area (Å²) in [4.78, 5) is 0. The molecule has 1 unspecified atom stereocenters. The van der Waals surface area contributed by atoms with Gasteiger partial charge in [-0.2, -0.15) is 0 Å². The number of nitrogens with one attached hydrogen (secondary N) is 1. The molecule has 0 amide bonds. The van der Waals surface area contributed by atoms with E-state index in [4.69, 9.17) is 23.2 Å². The lowest BCUT2D eigenvalue weighted by Crippen LogP contribution is -2.25. The first-order chi connectivity index (χ1) is 10.1. The fourth-order valence-electron chi connectivity index (χ4n) is 2.28. The SMILES string of the molecule is CCCNC(Cc1ccccc1Cl)c1cc(Cl)ccc1I. The smallest absolute Gasteiger partial charge is 0.0438 e. The van der Waals surface area contributed by atoms with E-state index in [-0.39, 0.29) is 6.04 Å². The van der Waals surface area contributed by atoms with Crippen LogP contribution in [0.25, 0.3) is 0 Å². The lowest BCUT2D eigenvalue weighted by Gasteiger charge is -2.21. The number of hydrogen-bond acceptors (Lipinski definition) is 1. The standard InChI is InChI=1S/C17H18Cl2IN/c1-2-9-21-17(10-12-5-3-4-6-15(12)19)14-11-13(18)7-8-16(14)20/h3-8,11,17,21H,2,9-10H2,1H3. The van der Waals surface area contributed by atoms with Crippen LogP contribution in [0.5, 0.6) is 0 Å². The Hall–Kier alpha value is -0.290. The molecule has 0 heterocycles. The highest BCUT2D eigenvalue weighted by Gasteiger charge is 2.16. The van der Waals surface area contributed by atoms with Gasteiger partial charge in [-0.3, -0.25) is 0 Å². The van der Waals surface area contributed by atoms with Crippen LogP contribution < -0.4 is 5.32 Å². The molecule has 0 fully saturated rings. The second kappa shape index (κ2) is 8.37. The van der Waals surface area contributed by atoms with Crippen molar-refractivity contribution < 1.29 is 0 Å². The van der Waals surface area contributed by atoms with Crippen molar-refractivity contribution in [3.8, 4) is 0 Å². The van der Waals surface area contributed by atoms with Crippen LogP contribution in [0.2, 0.25) is 10.0 Å². The van der Waals surface area contributed by atoms with E-state index in [0.29, 0.717) is 0 Å². The van der Waals surface area contributed by atoms with Crippen LogP contribution in [0.4, 0.5) is 0 Å². The second-order valence-electron chi connectivity index (χ2n) is 4.97. The number of hydrogen-bond donors (Lipinski definition) is 1. The minimum atomic E-state index is 0.218. The normalized spacial score (nSPS) is 12.4. The Kier molecular flexibility index (Phi) is 6.80. The van der Waals surface area contributed by atoms with Crippen molar-refractivity contribution in [3.05, 3.63) is 67.2 Å². The quantitative estimate of drug-likeness (QED) is 0.560. The van der Waals surface area contributed by atoms with Gasteiger partial charge in [0.25, 0.3) is 0 Å². The lowest BCUT2D eigenvalue weighted by atomic mass is 9.98. The maximum absolute atomic E-state index is 6.31. The van der Waals surface area contributed by atoms with Gasteiger partial charge in [0.1, 0.15) is 0 Å². The van der Waals surface area contributed by atoms with Crippen molar-refractivity contribution >= 4 is 45.8 Å². The molecule has 1 atom stereocenters. The molecule has 1 nitrogen and oxygen atoms in total. The zero-order valence-corrected chi connectivity index (χ0v) is 15.5. The zero-order valence-electron chi connectivity index (χ0n) is 11.9. The van der Waals surface area contributed by atoms with E-state index >= 15 is 0 Å². The van der Waals surface area contributed by atoms with E-state index in [0.717, 1.165) is 35.0 Å². The fourth-order valence-corrected chi connectivity index (χ4v) is 3.38. The molecule has 2 aromatic carbocycles. The second-order valence-corrected chi connectivity index (χ2v) is 6.97. The van der Waals surface area contributed by atoms with Gasteiger partial charge < -0.3 is 5.32 Å². The van der Waals surface area contributed by atoms with E-state index in [9.17, 15) is 0 Å². The van der Waals surface area contributed by atoms with Gasteiger partial charge >= 0.3 is 0 Å². The number of halogens is 3. The van der Waals surface area contributed by atoms with E-state index in [2.05, 4.69) is 47.0 Å². The first-order valence-corrected chi connectivity index (χ1v) is 8.87. The Morgan fingerprint density at radius 1 is 1.14 bits per heavy atom. The van der Waals surface area contributed by atoms with Gasteiger partial charge in [-0.15, -0.1) is 0 Å². The van der Waals surface area contributed by atoms with Crippen LogP contribution in [-0.2, 0) is 6.42 Å². The van der Waals surface area contributed by atoms with Crippen molar-refractivity contribution in [1.29, 1.82) is 0 Å². The van der Waals surface area contributed by atoms with Gasteiger partial charge in [-0.05, 0) is 77.4 Å². The minimum Gasteiger partial charge on any atom is -0.310 e. The summed E-state index contributed by atoms with van der Waals surface area (Å²) in [6, 6.07) is 14.3. The monoisotopic (exact) mass is 433 g/mol. The molecule has 0 aromatic heterocycles. The molecular weight excluding hydrogens is 416 g/mol. The van der Waals surface area contributed by atoms with E-state index in [1.54, 1.807) is 0 Å². The van der Waals surface area contributed by atoms with Crippen molar-refractivity contribution in [2.45, 2.75) is 25.8 Å². The molecule has 0 aliphatic carbocycles. The maximum Gasteiger partial charge on any atom is 0.0438 e. The van der Waals surface area contributed by atoms with Gasteiger partial charge in [-0.25, -0.2) is 0 Å². The molecule has 0 spiro atoms. The summed E-state index contributed by atoms with van der Waals surface area (Å²) in [5.74, 6) is 0. The largest absolute Gasteiger partial charge is 0.310 e. The van der Waals surface area contributed by atoms with Gasteiger partial charge in [0, 0.05) is 19.7 Å². The summed E-state index contributed by atoms with van der Waals surface area (Å²) in [5, 5.41) is 5.20. The number of rotatable bonds is 6. The van der Waals surface area contributed by atoms with Crippen LogP contribution in [0.3, 0.4) is 0 Å². The average molecular weight is 434 g/mol. The van der Waals surface area contributed by atoms with Crippen LogP contribution in [-0.4, -0.2) is 6.54 Å². The van der Waals surface area contributed by atoms with E-state index in [1.165, 1.54) is 9.13 Å². The van der Waals surface area contributed by atoms with E-state index in [1.807, 2.05) is 30.3 Å². The molecule has 0 radical (unpaired) electrons. The van der Waals surface area contributed by atoms with Crippen LogP contribution in [0.15, 0.2) is 42.5 Å². The Morgan fingerprint density at radius 3 is 2.62 bits per heavy atom. The average Bonchev–Trinajstić information content (AvgIpc) is 2.48. The molecule has 21 heavy (non-hydrogen) atoms. The number of benzene rings is 2. The summed E-state index contributed by atoms with van der Waals surface area (Å²) in [7, 11) is 0. The van der Waals surface area contributed by atoms with Crippen molar-refractivity contribution in [3.63, 3.8) is 0 Å². The summed E-state index contributed by atoms with van der Waals surface area (Å²) in [6.07, 6.45) is 1.95. The third-order valence-electron chi connectivity index (χ3n) is 3.36. The highest BCUT2D eigenvalue weighted by Crippen LogP contribution is 2.28. The van der Waals surface area contributed by atoms with Gasteiger partial charge in [-0.1, -0.05) is 48.3 Å². The molecule has 0 aliphatic rings. The molecular formula is C17H18Cl2IN. The minimum absolute atomic E-state index is 0.218. The van der Waals surface area contributed by atoms with Crippen molar-refractivity contribution in [2.75, 3.05) is 6.54 Å². The Labute approximate surface area is 150 Å². The predicted molar refractivity (Wildman–Crippen MR) is 100 cm³/mol. The topological polar surface area (TPSA) is 12.0 Å². The van der Waals surface area contributed by atoms with Crippen molar-refractivity contribution in [2.24, 2.45) is 0 Å². The molecule has 0 saturated heterocycles. The Balaban J connectivity index is 2.30. The molecule has 2 rings (SSSR count). The third-order valence-corrected chi connectivity index (χ3v) is 4.94. The molecule has 112 valence electrons. The first kappa shape index (κ1) is 17.1. The highest BCUT2D eigenvalue weighted by molar-refractivity contribution is 14.1. The Morgan fingerprint density at radius 2 is 1.90 bits per heavy atom. The maximum atomic E-state index is 6.31. The molecule has 2 aromatic rings. The molecule has 0 bridgehead atoms. The van der Waals surface area contributed by atoms with Crippen LogP contribution in [0.1, 0.15) is 30.5 Å². The summed E-state index contributed by atoms with van der Waals surface area (Å²) in [6.45, 7) is 3.14. The molecule has 0 saturated carbocycles. The molecule has 1 N–H and O–H groups in total. The van der Waals surface area contributed by atoms with E-state index < -0.39 is 0 Å². The first-order valence-electron chi connectivity index (χ1n) is 7.03. The summed E-state index contributed by atoms with van der Waals surface area (Å²) >= 11 is 14.8. The zero-order chi connectivity index (χ0) is 15.2. The Bertz CT molecular complexity index is 601. The predicted octanol–water partition coefficient (Wildman–Crippen LogP) is 5.88. The molecule has 0 aliphatic heterocycles. The van der Waals surface area contributed by atoms with Crippen molar-refractivity contribution in [1.82, 2.24) is 5.32 Å². The van der Waals surface area contributed by atoms with Crippen LogP contribution in [0, 0.1) is 3.57 Å². The lowest BCUT2D eigenvalue weighted by molar-refractivity contribution is 0.527. The fraction of sp³-hybridized carbons (Fsp3) is 0.294. The van der Waals surface area contributed by atoms with Gasteiger partial charge in [0.05, 0.1) is 0 Å². The summed E-state index contributed by atoms with van der Waals surface area (Å²) < 4.78 is 1.22. The molecule has 4 heteroatoms. The summed E-state index contributed by atoms with van der Waals surface area (Å²) in [5.41, 5.74) is 2.39. The van der Waals surface area contributed by atoms with Crippen LogP contribution >= 0.6 is 45.8 Å². The third kappa shape index (κ3) is 4.85. The van der Waals surface area contributed by atoms with Gasteiger partial charge in [0.2, 0.25) is 0 Å².